The molecule has 188 valence electrons. The summed E-state index contributed by atoms with van der Waals surface area (Å²) in [5, 5.41) is 5.94. The molecule has 0 aliphatic rings. The Hall–Kier alpha value is -4.65. The molecule has 10 heteroatoms. The number of nitrogens with one attached hydrogen (secondary N) is 1. The van der Waals surface area contributed by atoms with E-state index in [1.165, 1.54) is 36.4 Å². The van der Waals surface area contributed by atoms with Gasteiger partial charge in [0.15, 0.2) is 11.4 Å². The van der Waals surface area contributed by atoms with Crippen LogP contribution >= 0.6 is 0 Å². The van der Waals surface area contributed by atoms with Crippen LogP contribution in [0.5, 0.6) is 0 Å². The van der Waals surface area contributed by atoms with E-state index in [4.69, 9.17) is 6.57 Å². The summed E-state index contributed by atoms with van der Waals surface area (Å²) in [6.07, 6.45) is -4.03. The second-order valence-electron chi connectivity index (χ2n) is 8.06. The molecule has 1 heterocycles. The number of nitrogens with zero attached hydrogens (tertiary/aromatic N) is 4. The first-order chi connectivity index (χ1) is 17.7. The Morgan fingerprint density at radius 2 is 1.78 bits per heavy atom. The van der Waals surface area contributed by atoms with Crippen molar-refractivity contribution in [2.24, 2.45) is 0 Å². The fraction of sp³-hybridized carbons (Fsp3) is 0.148. The maximum absolute atomic E-state index is 14.7. The summed E-state index contributed by atoms with van der Waals surface area (Å²) in [4.78, 5) is 18.4. The van der Waals surface area contributed by atoms with Crippen LogP contribution in [0.25, 0.3) is 10.5 Å². The van der Waals surface area contributed by atoms with E-state index in [1.54, 1.807) is 6.07 Å². The first kappa shape index (κ1) is 25.4. The van der Waals surface area contributed by atoms with Gasteiger partial charge in [0.25, 0.3) is 5.91 Å². The largest absolute Gasteiger partial charge is 0.435 e. The summed E-state index contributed by atoms with van der Waals surface area (Å²) in [5.74, 6) is -1.74. The molecule has 0 unspecified atom stereocenters. The van der Waals surface area contributed by atoms with Crippen molar-refractivity contribution in [3.63, 3.8) is 0 Å². The quantitative estimate of drug-likeness (QED) is 0.210. The third-order valence-electron chi connectivity index (χ3n) is 5.46. The van der Waals surface area contributed by atoms with Gasteiger partial charge in [0.2, 0.25) is 0 Å². The predicted octanol–water partition coefficient (Wildman–Crippen LogP) is 7.38. The fourth-order valence-electron chi connectivity index (χ4n) is 3.77. The van der Waals surface area contributed by atoms with Gasteiger partial charge in [-0.1, -0.05) is 37.3 Å². The van der Waals surface area contributed by atoms with Crippen LogP contribution in [-0.2, 0) is 6.18 Å². The summed E-state index contributed by atoms with van der Waals surface area (Å²) < 4.78 is 55.9. The smallest absolute Gasteiger partial charge is 0.341 e. The Balaban J connectivity index is 1.72. The van der Waals surface area contributed by atoms with Gasteiger partial charge >= 0.3 is 6.18 Å². The standard InChI is InChI=1S/C27H21F4N5O/c1-3-14-35(19-9-5-4-6-10-19)20-12-13-22(28)23(16-20)33-26(37)24-17-25(27(29,30)31)34-36(24)21-11-7-8-18(15-21)32-2/h4-13,15-17H,3,14H2,1H3,(H,33,37). The molecule has 4 aromatic rings. The number of rotatable bonds is 7. The Morgan fingerprint density at radius 1 is 1.03 bits per heavy atom. The molecule has 0 saturated heterocycles. The van der Waals surface area contributed by atoms with E-state index in [1.807, 2.05) is 42.2 Å². The van der Waals surface area contributed by atoms with Gasteiger partial charge in [-0.3, -0.25) is 4.79 Å². The molecule has 0 aliphatic heterocycles. The van der Waals surface area contributed by atoms with Gasteiger partial charge in [0.1, 0.15) is 11.5 Å². The molecule has 4 rings (SSSR count). The zero-order chi connectivity index (χ0) is 26.6. The number of benzene rings is 3. The highest BCUT2D eigenvalue weighted by Crippen LogP contribution is 2.32. The summed E-state index contributed by atoms with van der Waals surface area (Å²) in [7, 11) is 0. The highest BCUT2D eigenvalue weighted by atomic mass is 19.4. The normalized spacial score (nSPS) is 11.1. The van der Waals surface area contributed by atoms with Crippen LogP contribution in [0, 0.1) is 12.4 Å². The molecule has 0 atom stereocenters. The zero-order valence-corrected chi connectivity index (χ0v) is 19.6. The van der Waals surface area contributed by atoms with Gasteiger partial charge in [0.05, 0.1) is 17.9 Å². The SMILES string of the molecule is [C-]#[N+]c1cccc(-n2nc(C(F)(F)F)cc2C(=O)Nc2cc(N(CCC)c3ccccc3)ccc2F)c1. The lowest BCUT2D eigenvalue weighted by Crippen LogP contribution is -2.20. The van der Waals surface area contributed by atoms with Gasteiger partial charge in [0, 0.05) is 24.0 Å². The van der Waals surface area contributed by atoms with Crippen LogP contribution in [0.2, 0.25) is 0 Å². The van der Waals surface area contributed by atoms with Crippen molar-refractivity contribution in [1.29, 1.82) is 0 Å². The van der Waals surface area contributed by atoms with Gasteiger partial charge in [-0.05, 0) is 48.9 Å². The molecule has 0 radical (unpaired) electrons. The maximum Gasteiger partial charge on any atom is 0.435 e. The second kappa shape index (κ2) is 10.5. The molecular weight excluding hydrogens is 486 g/mol. The lowest BCUT2D eigenvalue weighted by Gasteiger charge is -2.25. The van der Waals surface area contributed by atoms with Crippen molar-refractivity contribution in [2.45, 2.75) is 19.5 Å². The van der Waals surface area contributed by atoms with E-state index < -0.39 is 29.3 Å². The van der Waals surface area contributed by atoms with Crippen molar-refractivity contribution >= 4 is 28.7 Å². The van der Waals surface area contributed by atoms with Crippen LogP contribution in [0.4, 0.5) is 40.3 Å². The fourth-order valence-corrected chi connectivity index (χ4v) is 3.77. The number of carbonyl (C=O) groups excluding carboxylic acids is 1. The van der Waals surface area contributed by atoms with E-state index >= 15 is 0 Å². The lowest BCUT2D eigenvalue weighted by atomic mass is 10.2. The minimum Gasteiger partial charge on any atom is -0.341 e. The molecule has 6 nitrogen and oxygen atoms in total. The van der Waals surface area contributed by atoms with Gasteiger partial charge in [-0.15, -0.1) is 0 Å². The van der Waals surface area contributed by atoms with E-state index in [9.17, 15) is 22.4 Å². The number of anilines is 3. The van der Waals surface area contributed by atoms with Crippen molar-refractivity contribution in [2.75, 3.05) is 16.8 Å². The Morgan fingerprint density at radius 3 is 2.46 bits per heavy atom. The van der Waals surface area contributed by atoms with Crippen molar-refractivity contribution < 1.29 is 22.4 Å². The van der Waals surface area contributed by atoms with Crippen LogP contribution in [0.3, 0.4) is 0 Å². The Kier molecular flexibility index (Phi) is 7.25. The molecule has 3 aromatic carbocycles. The van der Waals surface area contributed by atoms with Crippen LogP contribution in [-0.4, -0.2) is 22.2 Å². The van der Waals surface area contributed by atoms with Gasteiger partial charge in [-0.2, -0.15) is 18.3 Å². The van der Waals surface area contributed by atoms with Crippen LogP contribution < -0.4 is 10.2 Å². The molecule has 1 aromatic heterocycles. The number of hydrogen-bond acceptors (Lipinski definition) is 3. The number of amides is 1. The number of hydrogen-bond donors (Lipinski definition) is 1. The minimum atomic E-state index is -4.82. The monoisotopic (exact) mass is 507 g/mol. The van der Waals surface area contributed by atoms with Crippen LogP contribution in [0.15, 0.2) is 78.9 Å². The molecule has 37 heavy (non-hydrogen) atoms. The number of aromatic nitrogens is 2. The summed E-state index contributed by atoms with van der Waals surface area (Å²) in [5.41, 5.74) is -0.258. The highest BCUT2D eigenvalue weighted by molar-refractivity contribution is 6.04. The average molecular weight is 507 g/mol. The first-order valence-corrected chi connectivity index (χ1v) is 11.3. The summed E-state index contributed by atoms with van der Waals surface area (Å²) in [6, 6.07) is 19.8. The Bertz CT molecular complexity index is 1460. The number of halogens is 4. The maximum atomic E-state index is 14.7. The molecule has 1 amide bonds. The number of alkyl halides is 3. The molecule has 0 fully saturated rings. The molecular formula is C27H21F4N5O. The summed E-state index contributed by atoms with van der Waals surface area (Å²) in [6.45, 7) is 9.76. The van der Waals surface area contributed by atoms with Crippen molar-refractivity contribution in [3.8, 4) is 5.69 Å². The van der Waals surface area contributed by atoms with Crippen molar-refractivity contribution in [1.82, 2.24) is 9.78 Å². The Labute approximate surface area is 210 Å². The van der Waals surface area contributed by atoms with E-state index in [0.717, 1.165) is 16.8 Å². The highest BCUT2D eigenvalue weighted by Gasteiger charge is 2.36. The topological polar surface area (TPSA) is 54.5 Å². The molecule has 0 bridgehead atoms. The molecule has 0 spiro atoms. The lowest BCUT2D eigenvalue weighted by molar-refractivity contribution is -0.141. The third kappa shape index (κ3) is 5.62. The zero-order valence-electron chi connectivity index (χ0n) is 19.6. The molecule has 0 saturated carbocycles. The first-order valence-electron chi connectivity index (χ1n) is 11.3. The van der Waals surface area contributed by atoms with Gasteiger partial charge < -0.3 is 10.2 Å². The van der Waals surface area contributed by atoms with Crippen LogP contribution in [0.1, 0.15) is 29.5 Å². The van der Waals surface area contributed by atoms with E-state index in [-0.39, 0.29) is 17.1 Å². The van der Waals surface area contributed by atoms with E-state index in [0.29, 0.717) is 18.3 Å². The summed E-state index contributed by atoms with van der Waals surface area (Å²) >= 11 is 0. The van der Waals surface area contributed by atoms with Crippen molar-refractivity contribution in [3.05, 3.63) is 107 Å². The predicted molar refractivity (Wildman–Crippen MR) is 133 cm³/mol. The molecule has 1 N–H and O–H groups in total. The van der Waals surface area contributed by atoms with Gasteiger partial charge in [-0.25, -0.2) is 13.9 Å². The minimum absolute atomic E-state index is 0.0848. The second-order valence-corrected chi connectivity index (χ2v) is 8.06. The number of carbonyl (C=O) groups is 1. The number of para-hydroxylation sites is 1. The van der Waals surface area contributed by atoms with E-state index in [2.05, 4.69) is 15.3 Å². The molecule has 0 aliphatic carbocycles. The average Bonchev–Trinajstić information content (AvgIpc) is 3.36. The third-order valence-corrected chi connectivity index (χ3v) is 5.46.